The number of hydrogen-bond acceptors (Lipinski definition) is 2. The zero-order chi connectivity index (χ0) is 13.3. The number of nitrogens with zero attached hydrogens (tertiary/aromatic N) is 1. The highest BCUT2D eigenvalue weighted by Gasteiger charge is 2.32. The standard InChI is InChI=1S/C16H26N2.ClH/c1-12-5-7-14(8-6-12)15-9-13(2)18(10-15)11-16(3,4)17;/h5-8,13,15H,9-11,17H2,1-4H3;1H. The molecule has 1 heterocycles. The molecule has 2 rings (SSSR count). The van der Waals surface area contributed by atoms with Gasteiger partial charge in [-0.1, -0.05) is 29.8 Å². The predicted octanol–water partition coefficient (Wildman–Crippen LogP) is 3.33. The molecule has 1 saturated heterocycles. The second kappa shape index (κ2) is 6.25. The molecule has 0 saturated carbocycles. The van der Waals surface area contributed by atoms with Crippen molar-refractivity contribution in [3.8, 4) is 0 Å². The van der Waals surface area contributed by atoms with Gasteiger partial charge in [0.15, 0.2) is 0 Å². The molecule has 1 aromatic carbocycles. The van der Waals surface area contributed by atoms with Gasteiger partial charge in [-0.05, 0) is 45.6 Å². The van der Waals surface area contributed by atoms with Gasteiger partial charge in [-0.2, -0.15) is 0 Å². The normalized spacial score (nSPS) is 24.3. The van der Waals surface area contributed by atoms with E-state index in [9.17, 15) is 0 Å². The highest BCUT2D eigenvalue weighted by molar-refractivity contribution is 5.85. The number of hydrogen-bond donors (Lipinski definition) is 1. The topological polar surface area (TPSA) is 29.3 Å². The van der Waals surface area contributed by atoms with E-state index >= 15 is 0 Å². The number of benzene rings is 1. The summed E-state index contributed by atoms with van der Waals surface area (Å²) in [5.41, 5.74) is 8.85. The van der Waals surface area contributed by atoms with E-state index in [0.29, 0.717) is 12.0 Å². The Hall–Kier alpha value is -0.570. The summed E-state index contributed by atoms with van der Waals surface area (Å²) < 4.78 is 0. The number of likely N-dealkylation sites (tertiary alicyclic amines) is 1. The molecule has 19 heavy (non-hydrogen) atoms. The summed E-state index contributed by atoms with van der Waals surface area (Å²) in [5.74, 6) is 0.669. The molecule has 0 radical (unpaired) electrons. The summed E-state index contributed by atoms with van der Waals surface area (Å²) >= 11 is 0. The van der Waals surface area contributed by atoms with Crippen LogP contribution in [0.3, 0.4) is 0 Å². The minimum atomic E-state index is -0.101. The van der Waals surface area contributed by atoms with Gasteiger partial charge in [0.1, 0.15) is 0 Å². The lowest BCUT2D eigenvalue weighted by molar-refractivity contribution is 0.219. The summed E-state index contributed by atoms with van der Waals surface area (Å²) in [4.78, 5) is 2.53. The zero-order valence-electron chi connectivity index (χ0n) is 12.5. The Labute approximate surface area is 123 Å². The fraction of sp³-hybridized carbons (Fsp3) is 0.625. The third kappa shape index (κ3) is 4.48. The fourth-order valence-corrected chi connectivity index (χ4v) is 2.92. The van der Waals surface area contributed by atoms with Crippen LogP contribution >= 0.6 is 12.4 Å². The highest BCUT2D eigenvalue weighted by Crippen LogP contribution is 2.32. The first-order valence-corrected chi connectivity index (χ1v) is 6.95. The van der Waals surface area contributed by atoms with Gasteiger partial charge in [-0.25, -0.2) is 0 Å². The van der Waals surface area contributed by atoms with Crippen molar-refractivity contribution in [3.63, 3.8) is 0 Å². The predicted molar refractivity (Wildman–Crippen MR) is 85.1 cm³/mol. The molecule has 0 bridgehead atoms. The highest BCUT2D eigenvalue weighted by atomic mass is 35.5. The molecule has 3 heteroatoms. The zero-order valence-corrected chi connectivity index (χ0v) is 13.3. The fourth-order valence-electron chi connectivity index (χ4n) is 2.92. The minimum Gasteiger partial charge on any atom is -0.324 e. The molecule has 1 aromatic rings. The van der Waals surface area contributed by atoms with E-state index in [1.807, 2.05) is 0 Å². The van der Waals surface area contributed by atoms with Gasteiger partial charge in [-0.3, -0.25) is 4.90 Å². The van der Waals surface area contributed by atoms with Crippen LogP contribution < -0.4 is 5.73 Å². The van der Waals surface area contributed by atoms with Crippen LogP contribution in [0.25, 0.3) is 0 Å². The Morgan fingerprint density at radius 3 is 2.37 bits per heavy atom. The van der Waals surface area contributed by atoms with Gasteiger partial charge in [-0.15, -0.1) is 12.4 Å². The molecule has 0 aliphatic carbocycles. The first-order valence-electron chi connectivity index (χ1n) is 6.95. The Morgan fingerprint density at radius 2 is 1.84 bits per heavy atom. The lowest BCUT2D eigenvalue weighted by atomic mass is 9.96. The van der Waals surface area contributed by atoms with Crippen molar-refractivity contribution in [1.82, 2.24) is 4.90 Å². The van der Waals surface area contributed by atoms with E-state index in [0.717, 1.165) is 13.1 Å². The van der Waals surface area contributed by atoms with Crippen LogP contribution in [0.2, 0.25) is 0 Å². The summed E-state index contributed by atoms with van der Waals surface area (Å²) in [5, 5.41) is 0. The van der Waals surface area contributed by atoms with E-state index in [1.54, 1.807) is 0 Å². The summed E-state index contributed by atoms with van der Waals surface area (Å²) in [6.07, 6.45) is 1.25. The third-order valence-corrected chi connectivity index (χ3v) is 3.86. The molecule has 2 N–H and O–H groups in total. The molecule has 2 unspecified atom stereocenters. The molecule has 0 amide bonds. The van der Waals surface area contributed by atoms with E-state index in [2.05, 4.69) is 56.9 Å². The van der Waals surface area contributed by atoms with Crippen LogP contribution in [0, 0.1) is 6.92 Å². The van der Waals surface area contributed by atoms with Crippen LogP contribution in [-0.2, 0) is 0 Å². The molecule has 0 spiro atoms. The van der Waals surface area contributed by atoms with E-state index in [4.69, 9.17) is 5.73 Å². The molecule has 1 fully saturated rings. The van der Waals surface area contributed by atoms with Crippen LogP contribution in [0.5, 0.6) is 0 Å². The van der Waals surface area contributed by atoms with Crippen molar-refractivity contribution in [2.75, 3.05) is 13.1 Å². The molecule has 0 aromatic heterocycles. The first-order chi connectivity index (χ1) is 8.35. The summed E-state index contributed by atoms with van der Waals surface area (Å²) in [6, 6.07) is 9.64. The van der Waals surface area contributed by atoms with Gasteiger partial charge in [0.2, 0.25) is 0 Å². The Morgan fingerprint density at radius 1 is 1.26 bits per heavy atom. The summed E-state index contributed by atoms with van der Waals surface area (Å²) in [7, 11) is 0. The minimum absolute atomic E-state index is 0. The lowest BCUT2D eigenvalue weighted by Crippen LogP contribution is -2.46. The van der Waals surface area contributed by atoms with Crippen molar-refractivity contribution in [2.24, 2.45) is 5.73 Å². The Bertz CT molecular complexity index is 394. The largest absolute Gasteiger partial charge is 0.324 e. The van der Waals surface area contributed by atoms with E-state index < -0.39 is 0 Å². The monoisotopic (exact) mass is 282 g/mol. The average Bonchev–Trinajstić information content (AvgIpc) is 2.59. The first kappa shape index (κ1) is 16.5. The number of halogens is 1. The van der Waals surface area contributed by atoms with Gasteiger partial charge in [0.25, 0.3) is 0 Å². The van der Waals surface area contributed by atoms with E-state index in [-0.39, 0.29) is 17.9 Å². The molecule has 108 valence electrons. The molecule has 2 atom stereocenters. The van der Waals surface area contributed by atoms with Crippen molar-refractivity contribution in [2.45, 2.75) is 51.6 Å². The summed E-state index contributed by atoms with van der Waals surface area (Å²) in [6.45, 7) is 10.8. The second-order valence-corrected chi connectivity index (χ2v) is 6.61. The maximum Gasteiger partial charge on any atom is 0.0226 e. The third-order valence-electron chi connectivity index (χ3n) is 3.86. The number of nitrogens with two attached hydrogens (primary N) is 1. The van der Waals surface area contributed by atoms with Gasteiger partial charge in [0.05, 0.1) is 0 Å². The molecule has 2 nitrogen and oxygen atoms in total. The van der Waals surface area contributed by atoms with Gasteiger partial charge >= 0.3 is 0 Å². The number of aryl methyl sites for hydroxylation is 1. The maximum absolute atomic E-state index is 6.14. The molecular weight excluding hydrogens is 256 g/mol. The quantitative estimate of drug-likeness (QED) is 0.921. The van der Waals surface area contributed by atoms with Crippen molar-refractivity contribution < 1.29 is 0 Å². The average molecular weight is 283 g/mol. The van der Waals surface area contributed by atoms with Crippen LogP contribution in [-0.4, -0.2) is 29.6 Å². The Balaban J connectivity index is 0.00000180. The van der Waals surface area contributed by atoms with Crippen LogP contribution in [0.1, 0.15) is 44.2 Å². The van der Waals surface area contributed by atoms with Gasteiger partial charge < -0.3 is 5.73 Å². The SMILES string of the molecule is Cc1ccc(C2CC(C)N(CC(C)(C)N)C2)cc1.Cl. The maximum atomic E-state index is 6.14. The Kier molecular flexibility index (Phi) is 5.43. The van der Waals surface area contributed by atoms with Crippen LogP contribution in [0.4, 0.5) is 0 Å². The molecule has 1 aliphatic heterocycles. The smallest absolute Gasteiger partial charge is 0.0226 e. The van der Waals surface area contributed by atoms with Crippen LogP contribution in [0.15, 0.2) is 24.3 Å². The lowest BCUT2D eigenvalue weighted by Gasteiger charge is -2.29. The van der Waals surface area contributed by atoms with Crippen molar-refractivity contribution >= 4 is 12.4 Å². The van der Waals surface area contributed by atoms with Crippen molar-refractivity contribution in [3.05, 3.63) is 35.4 Å². The van der Waals surface area contributed by atoms with E-state index in [1.165, 1.54) is 17.5 Å². The number of rotatable bonds is 3. The van der Waals surface area contributed by atoms with Gasteiger partial charge in [0, 0.05) is 24.7 Å². The van der Waals surface area contributed by atoms with Crippen molar-refractivity contribution in [1.29, 1.82) is 0 Å². The second-order valence-electron chi connectivity index (χ2n) is 6.61. The molecular formula is C16H27ClN2. The molecule has 1 aliphatic rings.